The Bertz CT molecular complexity index is 233. The maximum atomic E-state index is 11.5. The molecule has 5 nitrogen and oxygen atoms in total. The number of amides is 2. The number of carbonyl (C=O) groups is 2. The van der Waals surface area contributed by atoms with E-state index in [1.807, 2.05) is 20.8 Å². The first kappa shape index (κ1) is 13.9. The minimum Gasteiger partial charge on any atom is -0.359 e. The van der Waals surface area contributed by atoms with Gasteiger partial charge in [0.25, 0.3) is 0 Å². The van der Waals surface area contributed by atoms with E-state index in [1.165, 1.54) is 0 Å². The molecule has 15 heavy (non-hydrogen) atoms. The molecule has 0 radical (unpaired) electrons. The molecule has 0 bridgehead atoms. The predicted molar refractivity (Wildman–Crippen MR) is 59.1 cm³/mol. The zero-order chi connectivity index (χ0) is 12.1. The highest BCUT2D eigenvalue weighted by atomic mass is 16.2. The number of hydrogen-bond acceptors (Lipinski definition) is 3. The van der Waals surface area contributed by atoms with Crippen molar-refractivity contribution in [3.05, 3.63) is 0 Å². The molecule has 88 valence electrons. The molecule has 0 aromatic rings. The van der Waals surface area contributed by atoms with Gasteiger partial charge < -0.3 is 16.4 Å². The average molecular weight is 215 g/mol. The normalized spacial score (nSPS) is 13.1. The van der Waals surface area contributed by atoms with Crippen molar-refractivity contribution < 1.29 is 9.59 Å². The molecule has 0 unspecified atom stereocenters. The van der Waals surface area contributed by atoms with Gasteiger partial charge in [-0.3, -0.25) is 9.59 Å². The van der Waals surface area contributed by atoms with Crippen molar-refractivity contribution in [1.29, 1.82) is 0 Å². The minimum atomic E-state index is -0.554. The molecule has 0 aromatic heterocycles. The second-order valence-corrected chi connectivity index (χ2v) is 4.56. The van der Waals surface area contributed by atoms with Gasteiger partial charge in [-0.2, -0.15) is 0 Å². The highest BCUT2D eigenvalue weighted by Crippen LogP contribution is 2.16. The quantitative estimate of drug-likeness (QED) is 0.597. The van der Waals surface area contributed by atoms with Crippen LogP contribution in [0.2, 0.25) is 0 Å². The van der Waals surface area contributed by atoms with Gasteiger partial charge in [-0.15, -0.1) is 0 Å². The zero-order valence-corrected chi connectivity index (χ0v) is 9.89. The van der Waals surface area contributed by atoms with Gasteiger partial charge in [-0.1, -0.05) is 20.8 Å². The second kappa shape index (κ2) is 5.70. The maximum Gasteiger partial charge on any atom is 0.237 e. The summed E-state index contributed by atoms with van der Waals surface area (Å²) in [6.07, 6.45) is 0.277. The van der Waals surface area contributed by atoms with Crippen LogP contribution in [-0.2, 0) is 9.59 Å². The van der Waals surface area contributed by atoms with E-state index in [1.54, 1.807) is 7.05 Å². The molecule has 2 amide bonds. The molecule has 0 fully saturated rings. The van der Waals surface area contributed by atoms with Gasteiger partial charge in [0.1, 0.15) is 0 Å². The summed E-state index contributed by atoms with van der Waals surface area (Å²) in [5.74, 6) is -0.314. The van der Waals surface area contributed by atoms with Gasteiger partial charge >= 0.3 is 0 Å². The van der Waals surface area contributed by atoms with Crippen LogP contribution in [0.25, 0.3) is 0 Å². The number of nitrogens with two attached hydrogens (primary N) is 1. The van der Waals surface area contributed by atoms with Gasteiger partial charge in [0.05, 0.1) is 6.04 Å². The van der Waals surface area contributed by atoms with E-state index in [-0.39, 0.29) is 23.7 Å². The van der Waals surface area contributed by atoms with Gasteiger partial charge in [0, 0.05) is 20.0 Å². The lowest BCUT2D eigenvalue weighted by Gasteiger charge is -2.25. The fraction of sp³-hybridized carbons (Fsp3) is 0.800. The Morgan fingerprint density at radius 1 is 1.33 bits per heavy atom. The predicted octanol–water partition coefficient (Wildman–Crippen LogP) is -0.388. The van der Waals surface area contributed by atoms with Crippen LogP contribution in [0, 0.1) is 5.41 Å². The Hall–Kier alpha value is -1.10. The van der Waals surface area contributed by atoms with E-state index >= 15 is 0 Å². The lowest BCUT2D eigenvalue weighted by Crippen LogP contribution is -2.49. The van der Waals surface area contributed by atoms with Crippen LogP contribution in [0.5, 0.6) is 0 Å². The molecule has 0 saturated carbocycles. The summed E-state index contributed by atoms with van der Waals surface area (Å²) in [6, 6.07) is -0.554. The van der Waals surface area contributed by atoms with Crippen molar-refractivity contribution in [1.82, 2.24) is 10.6 Å². The summed E-state index contributed by atoms with van der Waals surface area (Å²) in [6.45, 7) is 6.02. The van der Waals surface area contributed by atoms with Crippen LogP contribution >= 0.6 is 0 Å². The van der Waals surface area contributed by atoms with Gasteiger partial charge in [-0.05, 0) is 5.41 Å². The smallest absolute Gasteiger partial charge is 0.237 e. The van der Waals surface area contributed by atoms with E-state index in [0.717, 1.165) is 0 Å². The third-order valence-corrected chi connectivity index (χ3v) is 2.15. The molecule has 0 aliphatic rings. The second-order valence-electron chi connectivity index (χ2n) is 4.56. The largest absolute Gasteiger partial charge is 0.359 e. The van der Waals surface area contributed by atoms with Crippen molar-refractivity contribution >= 4 is 11.8 Å². The Morgan fingerprint density at radius 3 is 2.27 bits per heavy atom. The highest BCUT2D eigenvalue weighted by Gasteiger charge is 2.26. The van der Waals surface area contributed by atoms with Gasteiger partial charge in [-0.25, -0.2) is 0 Å². The van der Waals surface area contributed by atoms with E-state index in [9.17, 15) is 9.59 Å². The summed E-state index contributed by atoms with van der Waals surface area (Å²) >= 11 is 0. The fourth-order valence-corrected chi connectivity index (χ4v) is 0.927. The average Bonchev–Trinajstić information content (AvgIpc) is 2.14. The fourth-order valence-electron chi connectivity index (χ4n) is 0.927. The molecule has 0 aliphatic heterocycles. The van der Waals surface area contributed by atoms with Crippen LogP contribution in [0.3, 0.4) is 0 Å². The van der Waals surface area contributed by atoms with E-state index in [2.05, 4.69) is 10.6 Å². The number of nitrogens with one attached hydrogen (secondary N) is 2. The lowest BCUT2D eigenvalue weighted by atomic mass is 9.87. The summed E-state index contributed by atoms with van der Waals surface area (Å²) in [7, 11) is 1.56. The molecule has 1 atom stereocenters. The molecule has 0 rings (SSSR count). The van der Waals surface area contributed by atoms with Crippen molar-refractivity contribution in [2.24, 2.45) is 11.1 Å². The molecule has 0 spiro atoms. The van der Waals surface area contributed by atoms with E-state index in [4.69, 9.17) is 5.73 Å². The molecule has 0 saturated heterocycles. The lowest BCUT2D eigenvalue weighted by molar-refractivity contribution is -0.124. The summed E-state index contributed by atoms with van der Waals surface area (Å²) in [5.41, 5.74) is 5.46. The Balaban J connectivity index is 3.90. The monoisotopic (exact) mass is 215 g/mol. The molecule has 0 aromatic carbocycles. The van der Waals surface area contributed by atoms with Gasteiger partial charge in [0.2, 0.25) is 11.8 Å². The molecular formula is C10H21N3O2. The van der Waals surface area contributed by atoms with Crippen molar-refractivity contribution in [3.63, 3.8) is 0 Å². The van der Waals surface area contributed by atoms with Gasteiger partial charge in [0.15, 0.2) is 0 Å². The number of carbonyl (C=O) groups excluding carboxylic acids is 2. The topological polar surface area (TPSA) is 84.2 Å². The van der Waals surface area contributed by atoms with Crippen molar-refractivity contribution in [2.45, 2.75) is 33.2 Å². The number of hydrogen-bond donors (Lipinski definition) is 3. The Morgan fingerprint density at radius 2 is 1.87 bits per heavy atom. The zero-order valence-electron chi connectivity index (χ0n) is 9.89. The van der Waals surface area contributed by atoms with Crippen molar-refractivity contribution in [2.75, 3.05) is 13.6 Å². The molecular weight excluding hydrogens is 194 g/mol. The highest BCUT2D eigenvalue weighted by molar-refractivity contribution is 5.83. The Kier molecular flexibility index (Phi) is 5.28. The first-order valence-electron chi connectivity index (χ1n) is 5.03. The molecule has 5 heteroatoms. The summed E-state index contributed by atoms with van der Waals surface area (Å²) < 4.78 is 0. The van der Waals surface area contributed by atoms with Crippen LogP contribution in [0.15, 0.2) is 0 Å². The third kappa shape index (κ3) is 5.37. The summed E-state index contributed by atoms with van der Waals surface area (Å²) in [5, 5.41) is 5.11. The SMILES string of the molecule is CNC(=O)CCNC(=O)[C@H](N)C(C)(C)C. The standard InChI is InChI=1S/C10H21N3O2/c1-10(2,3)8(11)9(15)13-6-5-7(14)12-4/h8H,5-6,11H2,1-4H3,(H,12,14)(H,13,15)/t8-/m0/s1. The number of rotatable bonds is 4. The van der Waals surface area contributed by atoms with E-state index in [0.29, 0.717) is 6.54 Å². The Labute approximate surface area is 90.8 Å². The first-order chi connectivity index (χ1) is 6.79. The molecule has 4 N–H and O–H groups in total. The van der Waals surface area contributed by atoms with Crippen LogP contribution in [-0.4, -0.2) is 31.4 Å². The minimum absolute atomic E-state index is 0.0976. The van der Waals surface area contributed by atoms with Crippen molar-refractivity contribution in [3.8, 4) is 0 Å². The third-order valence-electron chi connectivity index (χ3n) is 2.15. The molecule has 0 aliphatic carbocycles. The van der Waals surface area contributed by atoms with Crippen LogP contribution in [0.1, 0.15) is 27.2 Å². The van der Waals surface area contributed by atoms with Crippen LogP contribution in [0.4, 0.5) is 0 Å². The van der Waals surface area contributed by atoms with Crippen LogP contribution < -0.4 is 16.4 Å². The van der Waals surface area contributed by atoms with E-state index < -0.39 is 6.04 Å². The summed E-state index contributed by atoms with van der Waals surface area (Å²) in [4.78, 5) is 22.4. The molecule has 0 heterocycles. The first-order valence-corrected chi connectivity index (χ1v) is 5.03. The maximum absolute atomic E-state index is 11.5.